The van der Waals surface area contributed by atoms with E-state index in [2.05, 4.69) is 204 Å². The van der Waals surface area contributed by atoms with Gasteiger partial charge in [-0.1, -0.05) is 139 Å². The monoisotopic (exact) mass is 680 g/mol. The molecule has 1 spiro atoms. The van der Waals surface area contributed by atoms with E-state index in [1.54, 1.807) is 0 Å². The van der Waals surface area contributed by atoms with Crippen molar-refractivity contribution in [2.75, 3.05) is 4.90 Å². The molecule has 8 aromatic carbocycles. The van der Waals surface area contributed by atoms with Crippen molar-refractivity contribution in [3.63, 3.8) is 0 Å². The van der Waals surface area contributed by atoms with Crippen LogP contribution < -0.4 is 4.90 Å². The van der Waals surface area contributed by atoms with Gasteiger partial charge in [0.1, 0.15) is 0 Å². The molecule has 1 atom stereocenters. The van der Waals surface area contributed by atoms with Gasteiger partial charge in [-0.25, -0.2) is 0 Å². The molecule has 52 heavy (non-hydrogen) atoms. The molecule has 0 fully saturated rings. The summed E-state index contributed by atoms with van der Waals surface area (Å²) < 4.78 is 2.51. The summed E-state index contributed by atoms with van der Waals surface area (Å²) >= 11 is 1.89. The highest BCUT2D eigenvalue weighted by Crippen LogP contribution is 2.60. The fourth-order valence-electron chi connectivity index (χ4n) is 8.91. The van der Waals surface area contributed by atoms with Gasteiger partial charge in [0.2, 0.25) is 0 Å². The van der Waals surface area contributed by atoms with Gasteiger partial charge in [0.05, 0.1) is 22.1 Å². The van der Waals surface area contributed by atoms with Gasteiger partial charge < -0.3 is 9.47 Å². The normalized spacial score (nSPS) is 15.3. The zero-order valence-corrected chi connectivity index (χ0v) is 29.1. The molecule has 11 rings (SSSR count). The molecular formula is C49H32N2S. The number of anilines is 3. The van der Waals surface area contributed by atoms with E-state index in [0.717, 1.165) is 17.1 Å². The third-order valence-electron chi connectivity index (χ3n) is 11.0. The first-order valence-electron chi connectivity index (χ1n) is 17.9. The first-order chi connectivity index (χ1) is 25.8. The standard InChI is InChI=1S/C49H32N2S/c1-3-14-35(15-4-1)50(36-16-5-2-6-17-36)37-29-26-33(27-30-37)34-28-31-47-43(32-34)49(41-21-9-12-25-46(41)52-47)40-20-8-11-24-45(40)51-44-23-10-7-18-38(44)39-19-13-22-42(49)48(39)51/h1-32H. The van der Waals surface area contributed by atoms with E-state index in [4.69, 9.17) is 0 Å². The predicted molar refractivity (Wildman–Crippen MR) is 217 cm³/mol. The minimum absolute atomic E-state index is 0.495. The van der Waals surface area contributed by atoms with E-state index < -0.39 is 5.41 Å². The highest BCUT2D eigenvalue weighted by atomic mass is 32.2. The first kappa shape index (κ1) is 29.4. The zero-order valence-electron chi connectivity index (χ0n) is 28.3. The van der Waals surface area contributed by atoms with Crippen LogP contribution in [0.5, 0.6) is 0 Å². The Morgan fingerprint density at radius 1 is 0.404 bits per heavy atom. The molecule has 0 amide bonds. The molecule has 1 unspecified atom stereocenters. The molecule has 2 aliphatic heterocycles. The van der Waals surface area contributed by atoms with Gasteiger partial charge in [-0.3, -0.25) is 0 Å². The fraction of sp³-hybridized carbons (Fsp3) is 0.0204. The Balaban J connectivity index is 1.14. The van der Waals surface area contributed by atoms with Crippen LogP contribution in [0.4, 0.5) is 17.1 Å². The second-order valence-corrected chi connectivity index (χ2v) is 14.8. The lowest BCUT2D eigenvalue weighted by Gasteiger charge is -2.45. The number of hydrogen-bond acceptors (Lipinski definition) is 2. The lowest BCUT2D eigenvalue weighted by molar-refractivity contribution is 0.690. The molecule has 0 aliphatic carbocycles. The van der Waals surface area contributed by atoms with Crippen LogP contribution in [-0.2, 0) is 5.41 Å². The lowest BCUT2D eigenvalue weighted by Crippen LogP contribution is -2.37. The largest absolute Gasteiger partial charge is 0.311 e. The first-order valence-corrected chi connectivity index (χ1v) is 18.7. The molecule has 244 valence electrons. The summed E-state index contributed by atoms with van der Waals surface area (Å²) in [6, 6.07) is 71.4. The summed E-state index contributed by atoms with van der Waals surface area (Å²) in [5.74, 6) is 0. The number of benzene rings is 8. The highest BCUT2D eigenvalue weighted by Gasteiger charge is 2.49. The fourth-order valence-corrected chi connectivity index (χ4v) is 10.1. The van der Waals surface area contributed by atoms with Crippen molar-refractivity contribution in [3.05, 3.63) is 216 Å². The number of hydrogen-bond donors (Lipinski definition) is 0. The Hall–Kier alpha value is -6.29. The predicted octanol–water partition coefficient (Wildman–Crippen LogP) is 13.1. The lowest BCUT2D eigenvalue weighted by atomic mass is 9.62. The SMILES string of the molecule is c1ccc(N(c2ccccc2)c2ccc(-c3ccc4c(c3)C3(c5ccccc5S4)c4ccccc4-n4c5ccccc5c5cccc3c54)cc2)cc1. The van der Waals surface area contributed by atoms with Crippen LogP contribution >= 0.6 is 11.8 Å². The molecule has 3 heteroatoms. The van der Waals surface area contributed by atoms with Crippen LogP contribution in [0.15, 0.2) is 204 Å². The van der Waals surface area contributed by atoms with Crippen LogP contribution in [0.1, 0.15) is 22.3 Å². The van der Waals surface area contributed by atoms with Crippen molar-refractivity contribution in [2.45, 2.75) is 15.2 Å². The average molecular weight is 681 g/mol. The van der Waals surface area contributed by atoms with Gasteiger partial charge in [0, 0.05) is 37.6 Å². The Kier molecular flexibility index (Phi) is 6.43. The van der Waals surface area contributed by atoms with Crippen molar-refractivity contribution in [3.8, 4) is 16.8 Å². The van der Waals surface area contributed by atoms with Gasteiger partial charge in [0.25, 0.3) is 0 Å². The molecule has 2 aliphatic rings. The summed E-state index contributed by atoms with van der Waals surface area (Å²) in [5.41, 5.74) is 14.4. The molecule has 0 saturated carbocycles. The van der Waals surface area contributed by atoms with E-state index in [-0.39, 0.29) is 0 Å². The average Bonchev–Trinajstić information content (AvgIpc) is 3.56. The summed E-state index contributed by atoms with van der Waals surface area (Å²) in [5, 5.41) is 2.59. The van der Waals surface area contributed by atoms with Crippen LogP contribution in [0.25, 0.3) is 38.6 Å². The molecule has 1 aromatic heterocycles. The Bertz CT molecular complexity index is 2780. The van der Waals surface area contributed by atoms with E-state index in [9.17, 15) is 0 Å². The van der Waals surface area contributed by atoms with Crippen LogP contribution in [-0.4, -0.2) is 4.57 Å². The molecule has 2 nitrogen and oxygen atoms in total. The summed E-state index contributed by atoms with van der Waals surface area (Å²) in [4.78, 5) is 4.93. The number of para-hydroxylation sites is 5. The minimum Gasteiger partial charge on any atom is -0.311 e. The highest BCUT2D eigenvalue weighted by molar-refractivity contribution is 7.99. The summed E-state index contributed by atoms with van der Waals surface area (Å²) in [7, 11) is 0. The maximum atomic E-state index is 2.51. The maximum Gasteiger partial charge on any atom is 0.0764 e. The smallest absolute Gasteiger partial charge is 0.0764 e. The van der Waals surface area contributed by atoms with Gasteiger partial charge in [-0.2, -0.15) is 0 Å². The molecule has 0 N–H and O–H groups in total. The molecular weight excluding hydrogens is 649 g/mol. The third kappa shape index (κ3) is 4.08. The Morgan fingerprint density at radius 2 is 0.981 bits per heavy atom. The van der Waals surface area contributed by atoms with Gasteiger partial charge >= 0.3 is 0 Å². The minimum atomic E-state index is -0.495. The number of aromatic nitrogens is 1. The maximum absolute atomic E-state index is 2.51. The molecule has 0 saturated heterocycles. The van der Waals surface area contributed by atoms with E-state index >= 15 is 0 Å². The van der Waals surface area contributed by atoms with Crippen molar-refractivity contribution in [1.82, 2.24) is 4.57 Å². The molecule has 3 heterocycles. The number of rotatable bonds is 4. The number of fused-ring (bicyclic) bond motifs is 11. The van der Waals surface area contributed by atoms with Crippen molar-refractivity contribution >= 4 is 50.6 Å². The van der Waals surface area contributed by atoms with Crippen molar-refractivity contribution < 1.29 is 0 Å². The van der Waals surface area contributed by atoms with Crippen LogP contribution in [0, 0.1) is 0 Å². The second-order valence-electron chi connectivity index (χ2n) is 13.7. The van der Waals surface area contributed by atoms with Crippen LogP contribution in [0.2, 0.25) is 0 Å². The van der Waals surface area contributed by atoms with Gasteiger partial charge in [-0.05, 0) is 100 Å². The van der Waals surface area contributed by atoms with E-state index in [0.29, 0.717) is 0 Å². The van der Waals surface area contributed by atoms with E-state index in [1.807, 2.05) is 11.8 Å². The van der Waals surface area contributed by atoms with Crippen LogP contribution in [0.3, 0.4) is 0 Å². The topological polar surface area (TPSA) is 8.17 Å². The van der Waals surface area contributed by atoms with E-state index in [1.165, 1.54) is 70.7 Å². The summed E-state index contributed by atoms with van der Waals surface area (Å²) in [6.07, 6.45) is 0. The quantitative estimate of drug-likeness (QED) is 0.183. The van der Waals surface area contributed by atoms with Gasteiger partial charge in [-0.15, -0.1) is 0 Å². The Labute approximate surface area is 307 Å². The Morgan fingerprint density at radius 3 is 1.77 bits per heavy atom. The van der Waals surface area contributed by atoms with Crippen molar-refractivity contribution in [2.24, 2.45) is 0 Å². The zero-order chi connectivity index (χ0) is 34.2. The molecule has 9 aromatic rings. The summed E-state index contributed by atoms with van der Waals surface area (Å²) in [6.45, 7) is 0. The number of nitrogens with zero attached hydrogens (tertiary/aromatic N) is 2. The van der Waals surface area contributed by atoms with Gasteiger partial charge in [0.15, 0.2) is 0 Å². The molecule has 0 radical (unpaired) electrons. The van der Waals surface area contributed by atoms with Crippen molar-refractivity contribution in [1.29, 1.82) is 0 Å². The third-order valence-corrected chi connectivity index (χ3v) is 12.2. The molecule has 0 bridgehead atoms. The second kappa shape index (κ2) is 11.4.